The predicted octanol–water partition coefficient (Wildman–Crippen LogP) is 4.58. The van der Waals surface area contributed by atoms with Crippen LogP contribution in [-0.4, -0.2) is 31.7 Å². The van der Waals surface area contributed by atoms with Crippen molar-refractivity contribution in [2.45, 2.75) is 6.92 Å². The van der Waals surface area contributed by atoms with Gasteiger partial charge in [0.15, 0.2) is 11.5 Å². The molecule has 0 bridgehead atoms. The van der Waals surface area contributed by atoms with Crippen LogP contribution in [0.15, 0.2) is 35.5 Å². The van der Waals surface area contributed by atoms with Crippen LogP contribution in [0.5, 0.6) is 17.2 Å². The molecule has 0 aromatic heterocycles. The number of methoxy groups -OCH3 is 1. The lowest BCUT2D eigenvalue weighted by Gasteiger charge is -2.14. The Morgan fingerprint density at radius 3 is 2.50 bits per heavy atom. The summed E-state index contributed by atoms with van der Waals surface area (Å²) in [6.45, 7) is 2.53. The van der Waals surface area contributed by atoms with Crippen LogP contribution in [0.2, 0.25) is 10.0 Å². The van der Waals surface area contributed by atoms with E-state index in [9.17, 15) is 0 Å². The van der Waals surface area contributed by atoms with E-state index in [1.54, 1.807) is 24.3 Å². The molecule has 2 aromatic rings. The maximum absolute atomic E-state index is 8.59. The van der Waals surface area contributed by atoms with Gasteiger partial charge in [-0.3, -0.25) is 0 Å². The van der Waals surface area contributed by atoms with Gasteiger partial charge in [-0.2, -0.15) is 0 Å². The molecular weight excluding hydrogens is 353 g/mol. The lowest BCUT2D eigenvalue weighted by molar-refractivity contribution is 0.211. The summed E-state index contributed by atoms with van der Waals surface area (Å²) >= 11 is 12.2. The highest BCUT2D eigenvalue weighted by Crippen LogP contribution is 2.36. The quantitative estimate of drug-likeness (QED) is 0.336. The molecule has 0 spiro atoms. The molecule has 0 amide bonds. The Labute approximate surface area is 150 Å². The fourth-order valence-corrected chi connectivity index (χ4v) is 2.42. The molecule has 24 heavy (non-hydrogen) atoms. The summed E-state index contributed by atoms with van der Waals surface area (Å²) in [4.78, 5) is 0. The molecule has 0 radical (unpaired) electrons. The van der Waals surface area contributed by atoms with Crippen LogP contribution in [-0.2, 0) is 0 Å². The topological polar surface area (TPSA) is 60.3 Å². The Morgan fingerprint density at radius 1 is 1.08 bits per heavy atom. The summed E-state index contributed by atoms with van der Waals surface area (Å²) in [7, 11) is 1.51. The van der Waals surface area contributed by atoms with Gasteiger partial charge < -0.3 is 19.4 Å². The standard InChI is InChI=1S/C17H17Cl2NO4/c1-11-7-13(3-4-14(11)18)23-5-6-24-17-15(19)8-12(10-20-21)9-16(17)22-2/h3-4,7-10,21H,5-6H2,1-2H3. The lowest BCUT2D eigenvalue weighted by atomic mass is 10.2. The van der Waals surface area contributed by atoms with Crippen molar-refractivity contribution in [3.8, 4) is 17.2 Å². The average molecular weight is 370 g/mol. The maximum atomic E-state index is 8.59. The molecule has 5 nitrogen and oxygen atoms in total. The van der Waals surface area contributed by atoms with Gasteiger partial charge in [0.25, 0.3) is 0 Å². The van der Waals surface area contributed by atoms with Crippen LogP contribution in [0, 0.1) is 6.92 Å². The molecule has 0 heterocycles. The molecular formula is C17H17Cl2NO4. The summed E-state index contributed by atoms with van der Waals surface area (Å²) in [6, 6.07) is 8.71. The molecule has 0 atom stereocenters. The molecule has 1 N–H and O–H groups in total. The zero-order valence-electron chi connectivity index (χ0n) is 13.3. The molecule has 0 fully saturated rings. The first-order valence-corrected chi connectivity index (χ1v) is 7.87. The van der Waals surface area contributed by atoms with E-state index in [2.05, 4.69) is 5.16 Å². The number of rotatable bonds is 7. The third-order valence-electron chi connectivity index (χ3n) is 3.19. The monoisotopic (exact) mass is 369 g/mol. The van der Waals surface area contributed by atoms with Crippen LogP contribution < -0.4 is 14.2 Å². The van der Waals surface area contributed by atoms with E-state index in [0.717, 1.165) is 5.56 Å². The highest BCUT2D eigenvalue weighted by Gasteiger charge is 2.11. The van der Waals surface area contributed by atoms with E-state index in [1.807, 2.05) is 13.0 Å². The van der Waals surface area contributed by atoms with Crippen LogP contribution >= 0.6 is 23.2 Å². The second-order valence-corrected chi connectivity index (χ2v) is 5.70. The first-order valence-electron chi connectivity index (χ1n) is 7.12. The largest absolute Gasteiger partial charge is 0.493 e. The molecule has 0 aliphatic rings. The minimum atomic E-state index is 0.283. The fourth-order valence-electron chi connectivity index (χ4n) is 2.03. The second kappa shape index (κ2) is 8.66. The second-order valence-electron chi connectivity index (χ2n) is 4.89. The Bertz CT molecular complexity index is 735. The van der Waals surface area contributed by atoms with Crippen molar-refractivity contribution in [1.82, 2.24) is 0 Å². The zero-order chi connectivity index (χ0) is 17.5. The van der Waals surface area contributed by atoms with Gasteiger partial charge in [0.05, 0.1) is 18.3 Å². The van der Waals surface area contributed by atoms with Crippen LogP contribution in [0.25, 0.3) is 0 Å². The van der Waals surface area contributed by atoms with Gasteiger partial charge in [-0.15, -0.1) is 0 Å². The van der Waals surface area contributed by atoms with Crippen molar-refractivity contribution in [3.05, 3.63) is 51.5 Å². The SMILES string of the molecule is COc1cc(C=NO)cc(Cl)c1OCCOc1ccc(Cl)c(C)c1. The van der Waals surface area contributed by atoms with Crippen molar-refractivity contribution < 1.29 is 19.4 Å². The van der Waals surface area contributed by atoms with Gasteiger partial charge in [-0.1, -0.05) is 28.4 Å². The lowest BCUT2D eigenvalue weighted by Crippen LogP contribution is -2.10. The summed E-state index contributed by atoms with van der Waals surface area (Å²) in [5.74, 6) is 1.57. The average Bonchev–Trinajstić information content (AvgIpc) is 2.56. The third-order valence-corrected chi connectivity index (χ3v) is 3.89. The number of halogens is 2. The summed E-state index contributed by atoms with van der Waals surface area (Å²) in [6.07, 6.45) is 1.25. The third kappa shape index (κ3) is 4.69. The zero-order valence-corrected chi connectivity index (χ0v) is 14.8. The number of aryl methyl sites for hydroxylation is 1. The molecule has 2 rings (SSSR count). The molecule has 0 saturated heterocycles. The Hall–Kier alpha value is -2.11. The summed E-state index contributed by atoms with van der Waals surface area (Å²) in [5, 5.41) is 12.6. The molecule has 0 aliphatic carbocycles. The van der Waals surface area contributed by atoms with Gasteiger partial charge in [-0.05, 0) is 42.8 Å². The number of benzene rings is 2. The van der Waals surface area contributed by atoms with Gasteiger partial charge in [-0.25, -0.2) is 0 Å². The fraction of sp³-hybridized carbons (Fsp3) is 0.235. The molecule has 0 unspecified atom stereocenters. The Morgan fingerprint density at radius 2 is 1.83 bits per heavy atom. The van der Waals surface area contributed by atoms with Gasteiger partial charge in [0.1, 0.15) is 19.0 Å². The van der Waals surface area contributed by atoms with Crippen molar-refractivity contribution in [2.75, 3.05) is 20.3 Å². The number of nitrogens with zero attached hydrogens (tertiary/aromatic N) is 1. The summed E-state index contributed by atoms with van der Waals surface area (Å²) in [5.41, 5.74) is 1.54. The van der Waals surface area contributed by atoms with Gasteiger partial charge in [0.2, 0.25) is 0 Å². The normalized spacial score (nSPS) is 10.8. The predicted molar refractivity (Wildman–Crippen MR) is 94.6 cm³/mol. The number of oxime groups is 1. The van der Waals surface area contributed by atoms with E-state index in [-0.39, 0.29) is 6.61 Å². The minimum Gasteiger partial charge on any atom is -0.493 e. The van der Waals surface area contributed by atoms with Crippen molar-refractivity contribution in [3.63, 3.8) is 0 Å². The molecule has 128 valence electrons. The van der Waals surface area contributed by atoms with Crippen LogP contribution in [0.4, 0.5) is 0 Å². The van der Waals surface area contributed by atoms with E-state index in [1.165, 1.54) is 13.3 Å². The van der Waals surface area contributed by atoms with E-state index in [4.69, 9.17) is 42.6 Å². The van der Waals surface area contributed by atoms with E-state index >= 15 is 0 Å². The summed E-state index contributed by atoms with van der Waals surface area (Å²) < 4.78 is 16.5. The van der Waals surface area contributed by atoms with Crippen molar-refractivity contribution in [1.29, 1.82) is 0 Å². The van der Waals surface area contributed by atoms with E-state index in [0.29, 0.717) is 39.5 Å². The molecule has 2 aromatic carbocycles. The highest BCUT2D eigenvalue weighted by atomic mass is 35.5. The minimum absolute atomic E-state index is 0.283. The van der Waals surface area contributed by atoms with E-state index < -0.39 is 0 Å². The van der Waals surface area contributed by atoms with Gasteiger partial charge >= 0.3 is 0 Å². The molecule has 7 heteroatoms. The molecule has 0 aliphatic heterocycles. The molecule has 0 saturated carbocycles. The van der Waals surface area contributed by atoms with Crippen molar-refractivity contribution >= 4 is 29.4 Å². The highest BCUT2D eigenvalue weighted by molar-refractivity contribution is 6.32. The first-order chi connectivity index (χ1) is 11.5. The number of ether oxygens (including phenoxy) is 3. The maximum Gasteiger partial charge on any atom is 0.179 e. The number of hydrogen-bond acceptors (Lipinski definition) is 5. The Balaban J connectivity index is 1.97. The van der Waals surface area contributed by atoms with Crippen LogP contribution in [0.1, 0.15) is 11.1 Å². The van der Waals surface area contributed by atoms with Crippen LogP contribution in [0.3, 0.4) is 0 Å². The van der Waals surface area contributed by atoms with Crippen molar-refractivity contribution in [2.24, 2.45) is 5.16 Å². The first kappa shape index (κ1) is 18.2. The Kier molecular flexibility index (Phi) is 6.58. The smallest absolute Gasteiger partial charge is 0.179 e. The van der Waals surface area contributed by atoms with Gasteiger partial charge in [0, 0.05) is 10.6 Å². The number of hydrogen-bond donors (Lipinski definition) is 1.